The Bertz CT molecular complexity index is 892. The van der Waals surface area contributed by atoms with E-state index in [4.69, 9.17) is 21.1 Å². The van der Waals surface area contributed by atoms with E-state index in [-0.39, 0.29) is 12.3 Å². The Hall–Kier alpha value is -2.93. The van der Waals surface area contributed by atoms with E-state index in [9.17, 15) is 4.79 Å². The Morgan fingerprint density at radius 2 is 1.96 bits per heavy atom. The molecule has 0 atom stereocenters. The van der Waals surface area contributed by atoms with Crippen molar-refractivity contribution in [1.82, 2.24) is 20.0 Å². The number of carbonyl (C=O) groups is 1. The van der Waals surface area contributed by atoms with Crippen LogP contribution in [0, 0.1) is 0 Å². The fraction of sp³-hybridized carbons (Fsp3) is 0.222. The van der Waals surface area contributed by atoms with Crippen LogP contribution in [-0.4, -0.2) is 39.7 Å². The number of pyridine rings is 1. The summed E-state index contributed by atoms with van der Waals surface area (Å²) in [5.41, 5.74) is 2.39. The molecule has 7 nitrogen and oxygen atoms in total. The normalized spacial score (nSPS) is 10.6. The van der Waals surface area contributed by atoms with Gasteiger partial charge >= 0.3 is 5.97 Å². The summed E-state index contributed by atoms with van der Waals surface area (Å²) in [6.45, 7) is 2.39. The van der Waals surface area contributed by atoms with Gasteiger partial charge in [-0.05, 0) is 42.8 Å². The Kier molecular flexibility index (Phi) is 5.48. The second kappa shape index (κ2) is 7.97. The molecule has 134 valence electrons. The van der Waals surface area contributed by atoms with E-state index in [1.165, 1.54) is 0 Å². The lowest BCUT2D eigenvalue weighted by atomic mass is 10.1. The third-order valence-corrected chi connectivity index (χ3v) is 3.91. The van der Waals surface area contributed by atoms with E-state index in [0.29, 0.717) is 23.1 Å². The van der Waals surface area contributed by atoms with Gasteiger partial charge in [-0.25, -0.2) is 14.5 Å². The van der Waals surface area contributed by atoms with Crippen molar-refractivity contribution in [1.29, 1.82) is 0 Å². The third kappa shape index (κ3) is 3.83. The number of hydrogen-bond acceptors (Lipinski definition) is 6. The van der Waals surface area contributed by atoms with E-state index < -0.39 is 5.97 Å². The molecule has 0 fully saturated rings. The second-order valence-electron chi connectivity index (χ2n) is 5.38. The number of rotatable bonds is 6. The number of benzene rings is 1. The van der Waals surface area contributed by atoms with Crippen molar-refractivity contribution in [2.24, 2.45) is 0 Å². The lowest BCUT2D eigenvalue weighted by Crippen LogP contribution is -2.09. The molecule has 0 aliphatic carbocycles. The number of ether oxygens (including phenoxy) is 2. The molecule has 0 radical (unpaired) electrons. The standard InChI is InChI=1S/C18H17ClN4O3/c1-3-26-18(24)16-17(13-5-7-14(25-2)8-6-13)23(22-21-16)11-12-4-9-15(19)20-10-12/h4-10H,3,11H2,1-2H3. The molecule has 3 rings (SSSR count). The Morgan fingerprint density at radius 1 is 1.19 bits per heavy atom. The van der Waals surface area contributed by atoms with Gasteiger partial charge in [0.25, 0.3) is 0 Å². The maximum absolute atomic E-state index is 12.3. The van der Waals surface area contributed by atoms with Crippen LogP contribution >= 0.6 is 11.6 Å². The molecule has 2 aromatic heterocycles. The molecule has 8 heteroatoms. The summed E-state index contributed by atoms with van der Waals surface area (Å²) >= 11 is 5.83. The Morgan fingerprint density at radius 3 is 2.58 bits per heavy atom. The molecule has 0 saturated heterocycles. The van der Waals surface area contributed by atoms with Crippen molar-refractivity contribution in [3.05, 3.63) is 59.0 Å². The van der Waals surface area contributed by atoms with Crippen LogP contribution in [-0.2, 0) is 11.3 Å². The molecule has 0 amide bonds. The van der Waals surface area contributed by atoms with Gasteiger partial charge in [0.1, 0.15) is 16.6 Å². The van der Waals surface area contributed by atoms with Crippen molar-refractivity contribution in [3.63, 3.8) is 0 Å². The first-order chi connectivity index (χ1) is 12.6. The molecule has 0 bridgehead atoms. The highest BCUT2D eigenvalue weighted by Crippen LogP contribution is 2.26. The molecular formula is C18H17ClN4O3. The molecule has 0 spiro atoms. The van der Waals surface area contributed by atoms with Crippen molar-refractivity contribution < 1.29 is 14.3 Å². The highest BCUT2D eigenvalue weighted by molar-refractivity contribution is 6.29. The molecule has 2 heterocycles. The average Bonchev–Trinajstić information content (AvgIpc) is 3.07. The first-order valence-corrected chi connectivity index (χ1v) is 8.35. The minimum Gasteiger partial charge on any atom is -0.497 e. The van der Waals surface area contributed by atoms with Crippen molar-refractivity contribution in [3.8, 4) is 17.0 Å². The van der Waals surface area contributed by atoms with Gasteiger partial charge < -0.3 is 9.47 Å². The molecule has 3 aromatic rings. The van der Waals surface area contributed by atoms with E-state index in [1.54, 1.807) is 31.0 Å². The summed E-state index contributed by atoms with van der Waals surface area (Å²) in [6, 6.07) is 10.9. The van der Waals surface area contributed by atoms with E-state index in [1.807, 2.05) is 30.3 Å². The van der Waals surface area contributed by atoms with Gasteiger partial charge in [0.2, 0.25) is 0 Å². The number of halogens is 1. The third-order valence-electron chi connectivity index (χ3n) is 3.69. The smallest absolute Gasteiger partial charge is 0.361 e. The first-order valence-electron chi connectivity index (χ1n) is 7.97. The van der Waals surface area contributed by atoms with Crippen molar-refractivity contribution in [2.45, 2.75) is 13.5 Å². The summed E-state index contributed by atoms with van der Waals surface area (Å²) in [7, 11) is 1.60. The maximum Gasteiger partial charge on any atom is 0.361 e. The number of nitrogens with zero attached hydrogens (tertiary/aromatic N) is 4. The van der Waals surface area contributed by atoms with Gasteiger partial charge in [-0.1, -0.05) is 22.9 Å². The number of esters is 1. The quantitative estimate of drug-likeness (QED) is 0.488. The van der Waals surface area contributed by atoms with Gasteiger partial charge in [0.05, 0.1) is 20.3 Å². The maximum atomic E-state index is 12.3. The molecule has 0 saturated carbocycles. The number of aromatic nitrogens is 4. The molecule has 0 unspecified atom stereocenters. The molecule has 0 N–H and O–H groups in total. The minimum atomic E-state index is -0.515. The van der Waals surface area contributed by atoms with Gasteiger partial charge in [-0.3, -0.25) is 0 Å². The van der Waals surface area contributed by atoms with Crippen LogP contribution in [0.3, 0.4) is 0 Å². The van der Waals surface area contributed by atoms with Gasteiger partial charge in [0, 0.05) is 11.8 Å². The van der Waals surface area contributed by atoms with Crippen LogP contribution < -0.4 is 4.74 Å². The minimum absolute atomic E-state index is 0.166. The molecule has 0 aliphatic rings. The molecule has 0 aliphatic heterocycles. The fourth-order valence-electron chi connectivity index (χ4n) is 2.47. The predicted molar refractivity (Wildman–Crippen MR) is 96.3 cm³/mol. The first kappa shape index (κ1) is 17.9. The zero-order chi connectivity index (χ0) is 18.5. The van der Waals surface area contributed by atoms with E-state index in [2.05, 4.69) is 15.3 Å². The summed E-state index contributed by atoms with van der Waals surface area (Å²) in [4.78, 5) is 16.3. The van der Waals surface area contributed by atoms with Crippen LogP contribution in [0.15, 0.2) is 42.6 Å². The van der Waals surface area contributed by atoms with Gasteiger partial charge in [-0.15, -0.1) is 5.10 Å². The highest BCUT2D eigenvalue weighted by Gasteiger charge is 2.22. The lowest BCUT2D eigenvalue weighted by molar-refractivity contribution is 0.0520. The average molecular weight is 373 g/mol. The molecule has 26 heavy (non-hydrogen) atoms. The van der Waals surface area contributed by atoms with Crippen molar-refractivity contribution >= 4 is 17.6 Å². The van der Waals surface area contributed by atoms with E-state index in [0.717, 1.165) is 11.1 Å². The Labute approximate surface area is 155 Å². The van der Waals surface area contributed by atoms with Crippen molar-refractivity contribution in [2.75, 3.05) is 13.7 Å². The fourth-order valence-corrected chi connectivity index (χ4v) is 2.58. The van der Waals surface area contributed by atoms with Crippen LogP contribution in [0.2, 0.25) is 5.15 Å². The number of hydrogen-bond donors (Lipinski definition) is 0. The van der Waals surface area contributed by atoms with Crippen LogP contribution in [0.1, 0.15) is 23.0 Å². The Balaban J connectivity index is 2.03. The van der Waals surface area contributed by atoms with Crippen LogP contribution in [0.25, 0.3) is 11.3 Å². The summed E-state index contributed by atoms with van der Waals surface area (Å²) < 4.78 is 11.9. The van der Waals surface area contributed by atoms with E-state index >= 15 is 0 Å². The zero-order valence-electron chi connectivity index (χ0n) is 14.3. The summed E-state index contributed by atoms with van der Waals surface area (Å²) in [5, 5.41) is 8.57. The highest BCUT2D eigenvalue weighted by atomic mass is 35.5. The van der Waals surface area contributed by atoms with Crippen LogP contribution in [0.5, 0.6) is 5.75 Å². The van der Waals surface area contributed by atoms with Gasteiger partial charge in [0.15, 0.2) is 5.69 Å². The summed E-state index contributed by atoms with van der Waals surface area (Å²) in [5.74, 6) is 0.200. The van der Waals surface area contributed by atoms with Crippen LogP contribution in [0.4, 0.5) is 0 Å². The number of methoxy groups -OCH3 is 1. The number of carbonyl (C=O) groups excluding carboxylic acids is 1. The largest absolute Gasteiger partial charge is 0.497 e. The predicted octanol–water partition coefficient (Wildman–Crippen LogP) is 3.23. The monoisotopic (exact) mass is 372 g/mol. The SMILES string of the molecule is CCOC(=O)c1nnn(Cc2ccc(Cl)nc2)c1-c1ccc(OC)cc1. The van der Waals surface area contributed by atoms with Gasteiger partial charge in [-0.2, -0.15) is 0 Å². The molecule has 1 aromatic carbocycles. The lowest BCUT2D eigenvalue weighted by Gasteiger charge is -2.09. The molecular weight excluding hydrogens is 356 g/mol. The summed E-state index contributed by atoms with van der Waals surface area (Å²) in [6.07, 6.45) is 1.66. The topological polar surface area (TPSA) is 79.1 Å². The zero-order valence-corrected chi connectivity index (χ0v) is 15.1. The second-order valence-corrected chi connectivity index (χ2v) is 5.77.